The summed E-state index contributed by atoms with van der Waals surface area (Å²) in [5.74, 6) is -3.06. The largest absolute Gasteiger partial charge is 0.492 e. The van der Waals surface area contributed by atoms with Crippen LogP contribution >= 0.6 is 0 Å². The van der Waals surface area contributed by atoms with Gasteiger partial charge in [-0.05, 0) is 30.4 Å². The number of piperidine rings is 1. The van der Waals surface area contributed by atoms with Crippen molar-refractivity contribution in [2.24, 2.45) is 0 Å². The van der Waals surface area contributed by atoms with Crippen LogP contribution in [0, 0.1) is 11.3 Å². The van der Waals surface area contributed by atoms with Crippen LogP contribution in [-0.2, 0) is 20.8 Å². The van der Waals surface area contributed by atoms with Crippen molar-refractivity contribution in [1.29, 1.82) is 5.26 Å². The van der Waals surface area contributed by atoms with Crippen molar-refractivity contribution in [3.05, 3.63) is 42.2 Å². The zero-order valence-corrected chi connectivity index (χ0v) is 18.2. The third-order valence-corrected chi connectivity index (χ3v) is 5.20. The Morgan fingerprint density at radius 2 is 1.88 bits per heavy atom. The fourth-order valence-electron chi connectivity index (χ4n) is 3.47. The Bertz CT molecular complexity index is 1040. The van der Waals surface area contributed by atoms with Crippen molar-refractivity contribution < 1.29 is 32.3 Å². The van der Waals surface area contributed by atoms with Crippen LogP contribution < -0.4 is 10.1 Å². The topological polar surface area (TPSA) is 117 Å². The standard InChI is InChI=1S/C22H22F3N5O4/c1-33-21-27-12-16(13-28-21)15-7-5-14(6-8-15)10-17(11-26)29-19(31)18-4-2-3-9-30(18)34-20(32)22(23,24)25/h5-8,12-13,17-18H,2-4,9-10H2,1H3,(H,29,31)/t17-,18-/m0/s1. The Morgan fingerprint density at radius 1 is 1.21 bits per heavy atom. The Labute approximate surface area is 193 Å². The van der Waals surface area contributed by atoms with Gasteiger partial charge in [-0.1, -0.05) is 24.3 Å². The Kier molecular flexibility index (Phi) is 8.01. The lowest BCUT2D eigenvalue weighted by Gasteiger charge is -2.33. The van der Waals surface area contributed by atoms with Gasteiger partial charge in [0.05, 0.1) is 13.2 Å². The zero-order valence-electron chi connectivity index (χ0n) is 18.2. The molecular formula is C22H22F3N5O4. The second kappa shape index (κ2) is 10.9. The monoisotopic (exact) mass is 477 g/mol. The highest BCUT2D eigenvalue weighted by atomic mass is 19.4. The number of nitrogens with zero attached hydrogens (tertiary/aromatic N) is 4. The molecule has 12 heteroatoms. The molecule has 1 fully saturated rings. The molecule has 1 saturated heterocycles. The molecule has 9 nitrogen and oxygen atoms in total. The van der Waals surface area contributed by atoms with Gasteiger partial charge in [0, 0.05) is 30.9 Å². The number of ether oxygens (including phenoxy) is 1. The predicted molar refractivity (Wildman–Crippen MR) is 112 cm³/mol. The van der Waals surface area contributed by atoms with Crippen LogP contribution in [0.15, 0.2) is 36.7 Å². The molecule has 0 saturated carbocycles. The van der Waals surface area contributed by atoms with E-state index in [1.807, 2.05) is 18.2 Å². The van der Waals surface area contributed by atoms with Crippen LogP contribution in [0.2, 0.25) is 0 Å². The van der Waals surface area contributed by atoms with Crippen LogP contribution in [0.4, 0.5) is 13.2 Å². The molecule has 0 unspecified atom stereocenters. The number of benzene rings is 1. The van der Waals surface area contributed by atoms with E-state index in [-0.39, 0.29) is 25.4 Å². The molecule has 1 aromatic heterocycles. The third kappa shape index (κ3) is 6.41. The van der Waals surface area contributed by atoms with Gasteiger partial charge in [0.15, 0.2) is 0 Å². The second-order valence-corrected chi connectivity index (χ2v) is 7.58. The Balaban J connectivity index is 1.62. The lowest BCUT2D eigenvalue weighted by atomic mass is 10.0. The number of carbonyl (C=O) groups is 2. The quantitative estimate of drug-likeness (QED) is 0.647. The maximum Gasteiger partial charge on any atom is 0.492 e. The first-order chi connectivity index (χ1) is 16.2. The van der Waals surface area contributed by atoms with Gasteiger partial charge in [0.1, 0.15) is 12.1 Å². The zero-order chi connectivity index (χ0) is 24.7. The summed E-state index contributed by atoms with van der Waals surface area (Å²) in [6, 6.07) is 7.41. The molecule has 3 rings (SSSR count). The minimum Gasteiger partial charge on any atom is -0.467 e. The van der Waals surface area contributed by atoms with Crippen LogP contribution in [0.5, 0.6) is 6.01 Å². The van der Waals surface area contributed by atoms with Crippen molar-refractivity contribution in [3.8, 4) is 23.2 Å². The molecule has 2 heterocycles. The van der Waals surface area contributed by atoms with Gasteiger partial charge in [-0.2, -0.15) is 18.4 Å². The van der Waals surface area contributed by atoms with E-state index in [9.17, 15) is 28.0 Å². The van der Waals surface area contributed by atoms with E-state index in [0.717, 1.165) is 21.8 Å². The first-order valence-corrected chi connectivity index (χ1v) is 10.4. The summed E-state index contributed by atoms with van der Waals surface area (Å²) in [6.07, 6.45) is -0.516. The van der Waals surface area contributed by atoms with E-state index in [2.05, 4.69) is 20.1 Å². The molecule has 2 aromatic rings. The summed E-state index contributed by atoms with van der Waals surface area (Å²) in [5, 5.41) is 12.8. The van der Waals surface area contributed by atoms with E-state index in [4.69, 9.17) is 4.74 Å². The van der Waals surface area contributed by atoms with Crippen LogP contribution in [-0.4, -0.2) is 58.8 Å². The lowest BCUT2D eigenvalue weighted by molar-refractivity contribution is -0.248. The minimum atomic E-state index is -5.17. The number of nitriles is 1. The van der Waals surface area contributed by atoms with Gasteiger partial charge in [-0.3, -0.25) is 4.79 Å². The normalized spacial score (nSPS) is 17.3. The number of hydroxylamine groups is 2. The summed E-state index contributed by atoms with van der Waals surface area (Å²) in [5.41, 5.74) is 2.37. The van der Waals surface area contributed by atoms with Crippen molar-refractivity contribution >= 4 is 11.9 Å². The summed E-state index contributed by atoms with van der Waals surface area (Å²) in [4.78, 5) is 36.4. The highest BCUT2D eigenvalue weighted by molar-refractivity contribution is 5.83. The van der Waals surface area contributed by atoms with E-state index >= 15 is 0 Å². The number of amides is 1. The Hall–Kier alpha value is -3.72. The molecule has 1 N–H and O–H groups in total. The molecule has 0 spiro atoms. The molecule has 34 heavy (non-hydrogen) atoms. The lowest BCUT2D eigenvalue weighted by Crippen LogP contribution is -2.53. The number of alkyl halides is 3. The van der Waals surface area contributed by atoms with Crippen molar-refractivity contribution in [1.82, 2.24) is 20.3 Å². The number of halogens is 3. The van der Waals surface area contributed by atoms with Gasteiger partial charge in [-0.25, -0.2) is 14.8 Å². The van der Waals surface area contributed by atoms with Crippen molar-refractivity contribution in [2.75, 3.05) is 13.7 Å². The van der Waals surface area contributed by atoms with Gasteiger partial charge in [0.2, 0.25) is 5.91 Å². The average Bonchev–Trinajstić information content (AvgIpc) is 2.83. The van der Waals surface area contributed by atoms with E-state index in [1.54, 1.807) is 24.5 Å². The number of carbonyl (C=O) groups excluding carboxylic acids is 2. The maximum absolute atomic E-state index is 12.7. The highest BCUT2D eigenvalue weighted by Crippen LogP contribution is 2.23. The fraction of sp³-hybridized carbons (Fsp3) is 0.409. The van der Waals surface area contributed by atoms with Gasteiger partial charge >= 0.3 is 18.2 Å². The summed E-state index contributed by atoms with van der Waals surface area (Å²) in [7, 11) is 1.47. The van der Waals surface area contributed by atoms with Crippen LogP contribution in [0.3, 0.4) is 0 Å². The van der Waals surface area contributed by atoms with Gasteiger partial charge in [-0.15, -0.1) is 5.06 Å². The molecule has 1 amide bonds. The summed E-state index contributed by atoms with van der Waals surface area (Å²) in [6.45, 7) is -0.00629. The first kappa shape index (κ1) is 24.9. The molecule has 1 aliphatic rings. The molecule has 0 radical (unpaired) electrons. The molecule has 0 bridgehead atoms. The molecular weight excluding hydrogens is 455 g/mol. The van der Waals surface area contributed by atoms with Gasteiger partial charge < -0.3 is 14.9 Å². The molecule has 1 aliphatic heterocycles. The van der Waals surface area contributed by atoms with Crippen molar-refractivity contribution in [2.45, 2.75) is 43.9 Å². The summed E-state index contributed by atoms with van der Waals surface area (Å²) < 4.78 is 42.6. The second-order valence-electron chi connectivity index (χ2n) is 7.58. The molecule has 1 aromatic carbocycles. The molecule has 180 valence electrons. The van der Waals surface area contributed by atoms with E-state index < -0.39 is 30.1 Å². The van der Waals surface area contributed by atoms with E-state index in [1.165, 1.54) is 7.11 Å². The fourth-order valence-corrected chi connectivity index (χ4v) is 3.47. The highest BCUT2D eigenvalue weighted by Gasteiger charge is 2.44. The number of hydrogen-bond acceptors (Lipinski definition) is 8. The number of hydrogen-bond donors (Lipinski definition) is 1. The average molecular weight is 477 g/mol. The predicted octanol–water partition coefficient (Wildman–Crippen LogP) is 2.58. The van der Waals surface area contributed by atoms with E-state index in [0.29, 0.717) is 12.8 Å². The SMILES string of the molecule is COc1ncc(-c2ccc(C[C@@H](C#N)NC(=O)[C@@H]3CCCCN3OC(=O)C(F)(F)F)cc2)cn1. The van der Waals surface area contributed by atoms with Gasteiger partial charge in [0.25, 0.3) is 0 Å². The number of rotatable bonds is 7. The molecule has 0 aliphatic carbocycles. The minimum absolute atomic E-state index is 0.00629. The first-order valence-electron chi connectivity index (χ1n) is 10.4. The van der Waals surface area contributed by atoms with Crippen LogP contribution in [0.1, 0.15) is 24.8 Å². The molecule has 2 atom stereocenters. The number of aromatic nitrogens is 2. The van der Waals surface area contributed by atoms with Crippen LogP contribution in [0.25, 0.3) is 11.1 Å². The summed E-state index contributed by atoms with van der Waals surface area (Å²) >= 11 is 0. The number of nitrogens with one attached hydrogen (secondary N) is 1. The Morgan fingerprint density at radius 3 is 2.47 bits per heavy atom. The van der Waals surface area contributed by atoms with Crippen molar-refractivity contribution in [3.63, 3.8) is 0 Å². The smallest absolute Gasteiger partial charge is 0.467 e. The maximum atomic E-state index is 12.7. The number of methoxy groups -OCH3 is 1. The third-order valence-electron chi connectivity index (χ3n) is 5.20.